The van der Waals surface area contributed by atoms with E-state index in [1.165, 1.54) is 18.5 Å². The fourth-order valence-corrected chi connectivity index (χ4v) is 4.50. The van der Waals surface area contributed by atoms with Crippen LogP contribution in [0.25, 0.3) is 5.69 Å². The number of aromatic nitrogens is 2. The van der Waals surface area contributed by atoms with Gasteiger partial charge in [0, 0.05) is 43.3 Å². The number of pyridine rings is 1. The molecule has 3 aromatic rings. The van der Waals surface area contributed by atoms with E-state index in [0.29, 0.717) is 12.3 Å². The zero-order chi connectivity index (χ0) is 22.3. The molecule has 0 spiro atoms. The summed E-state index contributed by atoms with van der Waals surface area (Å²) in [4.78, 5) is 19.3. The third-order valence-electron chi connectivity index (χ3n) is 6.23. The summed E-state index contributed by atoms with van der Waals surface area (Å²) in [5, 5.41) is 3.06. The molecular formula is C26H32N4O2. The number of likely N-dealkylation sites (tertiary alicyclic amines) is 1. The molecule has 0 saturated carbocycles. The molecule has 6 heteroatoms. The number of hydrogen-bond acceptors (Lipinski definition) is 4. The Balaban J connectivity index is 1.29. The molecule has 0 bridgehead atoms. The lowest BCUT2D eigenvalue weighted by Crippen LogP contribution is -2.35. The van der Waals surface area contributed by atoms with E-state index in [-0.39, 0.29) is 5.91 Å². The van der Waals surface area contributed by atoms with Crippen molar-refractivity contribution in [2.75, 3.05) is 25.5 Å². The minimum absolute atomic E-state index is 0.0841. The number of anilines is 1. The zero-order valence-corrected chi connectivity index (χ0v) is 19.0. The maximum Gasteiger partial charge on any atom is 0.224 e. The van der Waals surface area contributed by atoms with Gasteiger partial charge in [-0.2, -0.15) is 0 Å². The van der Waals surface area contributed by atoms with E-state index in [9.17, 15) is 4.79 Å². The van der Waals surface area contributed by atoms with Gasteiger partial charge in [-0.05, 0) is 86.7 Å². The standard InChI is InChI=1S/C26H32N4O2/c1-20-16-24(32-2)10-11-25(20)28-26(31)12-9-21-6-4-14-29(18-21)19-23-8-5-15-30(23)22-7-3-13-27-17-22/h3,5,7-8,10-11,13,15-17,21H,4,6,9,12,14,18-19H2,1-2H3,(H,28,31). The Morgan fingerprint density at radius 3 is 2.94 bits per heavy atom. The quantitative estimate of drug-likeness (QED) is 0.554. The number of nitrogens with zero attached hydrogens (tertiary/aromatic N) is 3. The highest BCUT2D eigenvalue weighted by molar-refractivity contribution is 5.91. The molecule has 6 nitrogen and oxygen atoms in total. The Bertz CT molecular complexity index is 1030. The molecule has 1 unspecified atom stereocenters. The second-order valence-corrected chi connectivity index (χ2v) is 8.59. The molecule has 1 fully saturated rings. The molecule has 1 aromatic carbocycles. The summed E-state index contributed by atoms with van der Waals surface area (Å²) in [6.07, 6.45) is 9.63. The van der Waals surface area contributed by atoms with Crippen molar-refractivity contribution in [1.29, 1.82) is 0 Å². The highest BCUT2D eigenvalue weighted by atomic mass is 16.5. The molecule has 0 aliphatic carbocycles. The normalized spacial score (nSPS) is 16.6. The van der Waals surface area contributed by atoms with Gasteiger partial charge >= 0.3 is 0 Å². The van der Waals surface area contributed by atoms with E-state index >= 15 is 0 Å². The molecular weight excluding hydrogens is 400 g/mol. The second kappa shape index (κ2) is 10.5. The number of carbonyl (C=O) groups is 1. The fourth-order valence-electron chi connectivity index (χ4n) is 4.50. The van der Waals surface area contributed by atoms with Gasteiger partial charge in [0.05, 0.1) is 19.0 Å². The van der Waals surface area contributed by atoms with Gasteiger partial charge in [0.2, 0.25) is 5.91 Å². The predicted molar refractivity (Wildman–Crippen MR) is 127 cm³/mol. The molecule has 168 valence electrons. The molecule has 4 rings (SSSR count). The number of carbonyl (C=O) groups excluding carboxylic acids is 1. The smallest absolute Gasteiger partial charge is 0.224 e. The van der Waals surface area contributed by atoms with Crippen LogP contribution in [0.4, 0.5) is 5.69 Å². The first kappa shape index (κ1) is 22.1. The van der Waals surface area contributed by atoms with E-state index in [0.717, 1.165) is 48.7 Å². The maximum absolute atomic E-state index is 12.5. The Morgan fingerprint density at radius 2 is 2.16 bits per heavy atom. The summed E-state index contributed by atoms with van der Waals surface area (Å²) >= 11 is 0. The van der Waals surface area contributed by atoms with Crippen molar-refractivity contribution in [1.82, 2.24) is 14.5 Å². The number of piperidine rings is 1. The minimum atomic E-state index is 0.0841. The zero-order valence-electron chi connectivity index (χ0n) is 19.0. The maximum atomic E-state index is 12.5. The third-order valence-corrected chi connectivity index (χ3v) is 6.23. The van der Waals surface area contributed by atoms with Crippen LogP contribution in [0, 0.1) is 12.8 Å². The van der Waals surface area contributed by atoms with Gasteiger partial charge in [-0.3, -0.25) is 14.7 Å². The van der Waals surface area contributed by atoms with Crippen molar-refractivity contribution < 1.29 is 9.53 Å². The number of ether oxygens (including phenoxy) is 1. The number of amides is 1. The first-order chi connectivity index (χ1) is 15.6. The van der Waals surface area contributed by atoms with Crippen LogP contribution in [-0.2, 0) is 11.3 Å². The number of benzene rings is 1. The molecule has 1 aliphatic heterocycles. The monoisotopic (exact) mass is 432 g/mol. The van der Waals surface area contributed by atoms with Crippen LogP contribution in [0.2, 0.25) is 0 Å². The van der Waals surface area contributed by atoms with E-state index in [2.05, 4.69) is 44.2 Å². The summed E-state index contributed by atoms with van der Waals surface area (Å²) in [6.45, 7) is 5.03. The lowest BCUT2D eigenvalue weighted by Gasteiger charge is -2.33. The van der Waals surface area contributed by atoms with Gasteiger partial charge in [0.1, 0.15) is 5.75 Å². The third kappa shape index (κ3) is 5.56. The highest BCUT2D eigenvalue weighted by Crippen LogP contribution is 2.25. The number of aryl methyl sites for hydroxylation is 1. The molecule has 1 saturated heterocycles. The molecule has 1 aliphatic rings. The van der Waals surface area contributed by atoms with Gasteiger partial charge in [0.25, 0.3) is 0 Å². The summed E-state index contributed by atoms with van der Waals surface area (Å²) in [5.74, 6) is 1.44. The van der Waals surface area contributed by atoms with Crippen LogP contribution in [0.1, 0.15) is 36.9 Å². The molecule has 1 amide bonds. The topological polar surface area (TPSA) is 59.4 Å². The Kier molecular flexibility index (Phi) is 7.22. The van der Waals surface area contributed by atoms with Crippen molar-refractivity contribution in [3.8, 4) is 11.4 Å². The Hall–Kier alpha value is -3.12. The van der Waals surface area contributed by atoms with Crippen molar-refractivity contribution in [3.05, 3.63) is 72.3 Å². The SMILES string of the molecule is COc1ccc(NC(=O)CCC2CCCN(Cc3cccn3-c3cccnc3)C2)c(C)c1. The van der Waals surface area contributed by atoms with Gasteiger partial charge in [-0.1, -0.05) is 0 Å². The second-order valence-electron chi connectivity index (χ2n) is 8.59. The highest BCUT2D eigenvalue weighted by Gasteiger charge is 2.22. The lowest BCUT2D eigenvalue weighted by molar-refractivity contribution is -0.116. The van der Waals surface area contributed by atoms with E-state index in [1.807, 2.05) is 37.4 Å². The van der Waals surface area contributed by atoms with Gasteiger partial charge < -0.3 is 14.6 Å². The van der Waals surface area contributed by atoms with Crippen LogP contribution in [0.3, 0.4) is 0 Å². The molecule has 0 radical (unpaired) electrons. The first-order valence-corrected chi connectivity index (χ1v) is 11.4. The van der Waals surface area contributed by atoms with Crippen LogP contribution in [0.15, 0.2) is 61.1 Å². The van der Waals surface area contributed by atoms with Crippen molar-refractivity contribution in [2.24, 2.45) is 5.92 Å². The molecule has 2 aromatic heterocycles. The number of methoxy groups -OCH3 is 1. The van der Waals surface area contributed by atoms with Gasteiger partial charge in [-0.15, -0.1) is 0 Å². The average molecular weight is 433 g/mol. The number of hydrogen-bond donors (Lipinski definition) is 1. The van der Waals surface area contributed by atoms with Crippen molar-refractivity contribution >= 4 is 11.6 Å². The molecule has 3 heterocycles. The predicted octanol–water partition coefficient (Wildman–Crippen LogP) is 4.82. The van der Waals surface area contributed by atoms with Crippen LogP contribution in [0.5, 0.6) is 5.75 Å². The van der Waals surface area contributed by atoms with E-state index < -0.39 is 0 Å². The van der Waals surface area contributed by atoms with Crippen LogP contribution in [-0.4, -0.2) is 40.6 Å². The van der Waals surface area contributed by atoms with Crippen LogP contribution >= 0.6 is 0 Å². The molecule has 1 atom stereocenters. The Labute approximate surface area is 190 Å². The van der Waals surface area contributed by atoms with Gasteiger partial charge in [0.15, 0.2) is 0 Å². The first-order valence-electron chi connectivity index (χ1n) is 11.4. The van der Waals surface area contributed by atoms with E-state index in [1.54, 1.807) is 13.3 Å². The molecule has 1 N–H and O–H groups in total. The fraction of sp³-hybridized carbons (Fsp3) is 0.385. The summed E-state index contributed by atoms with van der Waals surface area (Å²) in [7, 11) is 1.65. The minimum Gasteiger partial charge on any atom is -0.497 e. The number of nitrogens with one attached hydrogen (secondary N) is 1. The average Bonchev–Trinajstić information content (AvgIpc) is 3.28. The number of rotatable bonds is 8. The molecule has 32 heavy (non-hydrogen) atoms. The van der Waals surface area contributed by atoms with Crippen molar-refractivity contribution in [3.63, 3.8) is 0 Å². The summed E-state index contributed by atoms with van der Waals surface area (Å²) in [5.41, 5.74) is 4.23. The largest absolute Gasteiger partial charge is 0.497 e. The van der Waals surface area contributed by atoms with Crippen molar-refractivity contribution in [2.45, 2.75) is 39.2 Å². The van der Waals surface area contributed by atoms with Gasteiger partial charge in [-0.25, -0.2) is 0 Å². The summed E-state index contributed by atoms with van der Waals surface area (Å²) < 4.78 is 7.45. The Morgan fingerprint density at radius 1 is 1.25 bits per heavy atom. The van der Waals surface area contributed by atoms with E-state index in [4.69, 9.17) is 4.74 Å². The summed E-state index contributed by atoms with van der Waals surface area (Å²) in [6, 6.07) is 14.1. The van der Waals surface area contributed by atoms with Crippen LogP contribution < -0.4 is 10.1 Å². The lowest BCUT2D eigenvalue weighted by atomic mass is 9.93.